The van der Waals surface area contributed by atoms with E-state index in [1.165, 1.54) is 6.92 Å². The van der Waals surface area contributed by atoms with Crippen LogP contribution in [0.2, 0.25) is 0 Å². The molecule has 0 fully saturated rings. The summed E-state index contributed by atoms with van der Waals surface area (Å²) >= 11 is 0. The van der Waals surface area contributed by atoms with Crippen molar-refractivity contribution in [1.82, 2.24) is 19.4 Å². The van der Waals surface area contributed by atoms with Gasteiger partial charge in [0.15, 0.2) is 0 Å². The summed E-state index contributed by atoms with van der Waals surface area (Å²) in [6, 6.07) is 61.2. The minimum atomic E-state index is -2.60. The van der Waals surface area contributed by atoms with Crippen LogP contribution in [0.25, 0.3) is 106 Å². The van der Waals surface area contributed by atoms with Crippen LogP contribution in [0, 0.1) is 6.85 Å². The number of fused-ring (bicyclic) bond motifs is 5. The molecule has 0 aliphatic carbocycles. The van der Waals surface area contributed by atoms with Gasteiger partial charge in [-0.2, -0.15) is 4.98 Å². The van der Waals surface area contributed by atoms with E-state index in [2.05, 4.69) is 107 Å². The zero-order valence-electron chi connectivity index (χ0n) is 38.2. The first-order chi connectivity index (χ1) is 32.1. The molecule has 11 rings (SSSR count). The average molecular weight is 790 g/mol. The highest BCUT2D eigenvalue weighted by molar-refractivity contribution is 6.15. The molecule has 0 N–H and O–H groups in total. The van der Waals surface area contributed by atoms with Crippen molar-refractivity contribution in [3.05, 3.63) is 206 Å². The van der Waals surface area contributed by atoms with Gasteiger partial charge in [-0.05, 0) is 109 Å². The van der Waals surface area contributed by atoms with E-state index in [9.17, 15) is 2.74 Å². The molecule has 5 nitrogen and oxygen atoms in total. The molecule has 8 aromatic carbocycles. The largest absolute Gasteiger partial charge is 0.402 e. The van der Waals surface area contributed by atoms with Crippen LogP contribution >= 0.6 is 0 Å². The second-order valence-corrected chi connectivity index (χ2v) is 15.0. The van der Waals surface area contributed by atoms with E-state index >= 15 is 0 Å². The topological polar surface area (TPSA) is 56.2 Å². The average Bonchev–Trinajstić information content (AvgIpc) is 3.90. The predicted molar refractivity (Wildman–Crippen MR) is 250 cm³/mol. The van der Waals surface area contributed by atoms with Gasteiger partial charge in [0.1, 0.15) is 5.52 Å². The van der Waals surface area contributed by atoms with Crippen molar-refractivity contribution in [3.8, 4) is 77.9 Å². The molecule has 0 bridgehead atoms. The summed E-state index contributed by atoms with van der Waals surface area (Å²) in [6.07, 6.45) is 1.20. The molecule has 0 aliphatic rings. The molecule has 5 heteroatoms. The summed E-state index contributed by atoms with van der Waals surface area (Å²) in [5.41, 5.74) is 14.4. The number of hydrogen-bond donors (Lipinski definition) is 0. The number of nitrogens with zero attached hydrogens (tertiary/aromatic N) is 4. The van der Waals surface area contributed by atoms with E-state index in [0.717, 1.165) is 66.8 Å². The van der Waals surface area contributed by atoms with Crippen LogP contribution < -0.4 is 0 Å². The van der Waals surface area contributed by atoms with Gasteiger partial charge in [-0.25, -0.2) is 14.4 Å². The molecule has 0 atom stereocenters. The fourth-order valence-electron chi connectivity index (χ4n) is 8.92. The zero-order chi connectivity index (χ0) is 45.2. The third-order valence-corrected chi connectivity index (χ3v) is 11.5. The standard InChI is InChI=1S/C56H40N4O/c1-3-37-31-32-45-53(59-56-60(45)54-55(61-56)58-34-33-57-54)46(37)44-35-43(30-29-36(44)2)52-50(41-25-15-7-16-26-41)48(39-21-11-5-12-22-39)47(38-19-9-4-10-20-38)49(40-23-13-6-14-24-40)51(52)42-27-17-8-18-28-42/h4-35H,3H2,1-2H3/i2D3,3D2. The normalized spacial score (nSPS) is 13.2. The number of imidazole rings is 1. The first kappa shape index (κ1) is 31.1. The molecule has 3 aromatic heterocycles. The van der Waals surface area contributed by atoms with Crippen molar-refractivity contribution in [2.45, 2.75) is 20.1 Å². The quantitative estimate of drug-likeness (QED) is 0.154. The first-order valence-corrected chi connectivity index (χ1v) is 20.3. The van der Waals surface area contributed by atoms with Gasteiger partial charge < -0.3 is 4.42 Å². The van der Waals surface area contributed by atoms with Crippen LogP contribution in [-0.2, 0) is 6.37 Å². The zero-order valence-corrected chi connectivity index (χ0v) is 33.2. The maximum Gasteiger partial charge on any atom is 0.310 e. The summed E-state index contributed by atoms with van der Waals surface area (Å²) in [6.45, 7) is -1.12. The van der Waals surface area contributed by atoms with Gasteiger partial charge in [0.05, 0.1) is 5.52 Å². The molecule has 0 spiro atoms. The molecule has 0 radical (unpaired) electrons. The van der Waals surface area contributed by atoms with Crippen molar-refractivity contribution >= 4 is 28.2 Å². The minimum Gasteiger partial charge on any atom is -0.402 e. The van der Waals surface area contributed by atoms with Crippen LogP contribution in [0.4, 0.5) is 0 Å². The molecule has 0 saturated carbocycles. The lowest BCUT2D eigenvalue weighted by atomic mass is 9.74. The highest BCUT2D eigenvalue weighted by Gasteiger charge is 2.30. The Morgan fingerprint density at radius 3 is 1.43 bits per heavy atom. The Morgan fingerprint density at radius 2 is 0.967 bits per heavy atom. The Kier molecular flexibility index (Phi) is 7.67. The minimum absolute atomic E-state index is 0.0634. The van der Waals surface area contributed by atoms with Crippen molar-refractivity contribution in [3.63, 3.8) is 0 Å². The molecule has 0 saturated heterocycles. The highest BCUT2D eigenvalue weighted by atomic mass is 16.4. The van der Waals surface area contributed by atoms with Gasteiger partial charge in [-0.1, -0.05) is 177 Å². The third kappa shape index (κ3) is 6.05. The van der Waals surface area contributed by atoms with Crippen LogP contribution in [0.15, 0.2) is 199 Å². The Morgan fingerprint density at radius 1 is 0.508 bits per heavy atom. The van der Waals surface area contributed by atoms with Crippen molar-refractivity contribution in [1.29, 1.82) is 0 Å². The number of oxazole rings is 1. The molecule has 0 aliphatic heterocycles. The number of aryl methyl sites for hydroxylation is 2. The molecule has 0 unspecified atom stereocenters. The molecule has 3 heterocycles. The Labute approximate surface area is 361 Å². The Balaban J connectivity index is 1.37. The smallest absolute Gasteiger partial charge is 0.310 e. The molecular formula is C56H40N4O. The lowest BCUT2D eigenvalue weighted by molar-refractivity contribution is 0.630. The van der Waals surface area contributed by atoms with E-state index < -0.39 is 13.2 Å². The maximum absolute atomic E-state index is 9.20. The predicted octanol–water partition coefficient (Wildman–Crippen LogP) is 14.6. The Bertz CT molecular complexity index is 3480. The van der Waals surface area contributed by atoms with Gasteiger partial charge >= 0.3 is 5.84 Å². The van der Waals surface area contributed by atoms with E-state index in [1.54, 1.807) is 35.0 Å². The van der Waals surface area contributed by atoms with Crippen molar-refractivity contribution in [2.24, 2.45) is 0 Å². The third-order valence-electron chi connectivity index (χ3n) is 11.5. The number of rotatable bonds is 8. The van der Waals surface area contributed by atoms with E-state index in [1.807, 2.05) is 66.7 Å². The second kappa shape index (κ2) is 15.0. The van der Waals surface area contributed by atoms with Crippen LogP contribution in [-0.4, -0.2) is 19.4 Å². The highest BCUT2D eigenvalue weighted by Crippen LogP contribution is 2.56. The number of benzene rings is 8. The summed E-state index contributed by atoms with van der Waals surface area (Å²) < 4.78 is 53.3. The van der Waals surface area contributed by atoms with Crippen LogP contribution in [0.1, 0.15) is 24.9 Å². The Hall–Kier alpha value is -7.89. The first-order valence-electron chi connectivity index (χ1n) is 22.8. The second-order valence-electron chi connectivity index (χ2n) is 15.0. The van der Waals surface area contributed by atoms with E-state index in [0.29, 0.717) is 33.5 Å². The molecule has 11 aromatic rings. The van der Waals surface area contributed by atoms with Crippen LogP contribution in [0.5, 0.6) is 0 Å². The lowest BCUT2D eigenvalue weighted by Gasteiger charge is -2.29. The summed E-state index contributed by atoms with van der Waals surface area (Å²) in [4.78, 5) is 13.9. The van der Waals surface area contributed by atoms with E-state index in [4.69, 9.17) is 13.5 Å². The summed E-state index contributed by atoms with van der Waals surface area (Å²) in [5.74, 6) is 0.210. The monoisotopic (exact) mass is 789 g/mol. The van der Waals surface area contributed by atoms with Crippen molar-refractivity contribution in [2.75, 3.05) is 0 Å². The molecule has 290 valence electrons. The van der Waals surface area contributed by atoms with Gasteiger partial charge in [0, 0.05) is 24.8 Å². The van der Waals surface area contributed by atoms with Crippen molar-refractivity contribution < 1.29 is 11.3 Å². The maximum atomic E-state index is 9.20. The van der Waals surface area contributed by atoms with Gasteiger partial charge in [0.2, 0.25) is 5.65 Å². The number of aromatic nitrogens is 4. The molecule has 61 heavy (non-hydrogen) atoms. The summed E-state index contributed by atoms with van der Waals surface area (Å²) in [5, 5.41) is 0. The lowest BCUT2D eigenvalue weighted by Crippen LogP contribution is -2.02. The fraction of sp³-hybridized carbons (Fsp3) is 0.0536. The van der Waals surface area contributed by atoms with Crippen LogP contribution in [0.3, 0.4) is 0 Å². The SMILES string of the molecule is [2H]C([2H])([2H])c1ccc(-c2c(-c3ccccc3)c(-c3ccccc3)c(-c3ccccc3)c(-c3ccccc3)c2-c2ccccc2)cc1-c1c(C([2H])([2H])C)ccc2c1nc1oc3nccnc3n12. The molecular weight excluding hydrogens is 745 g/mol. The number of hydrogen-bond acceptors (Lipinski definition) is 4. The van der Waals surface area contributed by atoms with Gasteiger partial charge in [0.25, 0.3) is 5.71 Å². The van der Waals surface area contributed by atoms with Gasteiger partial charge in [-0.15, -0.1) is 0 Å². The summed E-state index contributed by atoms with van der Waals surface area (Å²) in [7, 11) is 0. The van der Waals surface area contributed by atoms with E-state index in [-0.39, 0.29) is 17.0 Å². The van der Waals surface area contributed by atoms with Gasteiger partial charge in [-0.3, -0.25) is 0 Å². The molecule has 0 amide bonds. The fourth-order valence-corrected chi connectivity index (χ4v) is 8.92.